The van der Waals surface area contributed by atoms with Gasteiger partial charge in [0.15, 0.2) is 0 Å². The Labute approximate surface area is 115 Å². The molecule has 20 heavy (non-hydrogen) atoms. The largest absolute Gasteiger partial charge is 0.478 e. The highest BCUT2D eigenvalue weighted by molar-refractivity contribution is 5.89. The van der Waals surface area contributed by atoms with Crippen molar-refractivity contribution in [3.63, 3.8) is 0 Å². The smallest absolute Gasteiger partial charge is 0.336 e. The molecule has 0 aromatic heterocycles. The molecule has 1 N–H and O–H groups in total. The topological polar surface area (TPSA) is 61.1 Å². The van der Waals surface area contributed by atoms with E-state index >= 15 is 0 Å². The number of carboxylic acid groups (broad SMARTS) is 1. The first-order valence-corrected chi connectivity index (χ1v) is 6.12. The van der Waals surface area contributed by atoms with E-state index in [0.717, 1.165) is 5.56 Å². The SMILES string of the molecule is N#Cc1ccc(C(=O)O)c(CCc2ccccc2)c1F. The minimum atomic E-state index is -1.18. The standard InChI is InChI=1S/C16H12FNO2/c17-15-12(10-18)7-9-14(16(19)20)13(15)8-6-11-4-2-1-3-5-11/h1-5,7,9H,6,8H2,(H,19,20). The molecule has 0 atom stereocenters. The Hall–Kier alpha value is -2.67. The first-order valence-electron chi connectivity index (χ1n) is 6.12. The average Bonchev–Trinajstić information content (AvgIpc) is 2.46. The highest BCUT2D eigenvalue weighted by atomic mass is 19.1. The van der Waals surface area contributed by atoms with Crippen LogP contribution in [0.25, 0.3) is 0 Å². The predicted molar refractivity (Wildman–Crippen MR) is 71.9 cm³/mol. The first-order chi connectivity index (χ1) is 9.63. The molecule has 0 aliphatic carbocycles. The number of carbonyl (C=O) groups is 1. The van der Waals surface area contributed by atoms with E-state index in [2.05, 4.69) is 0 Å². The molecule has 0 bridgehead atoms. The van der Waals surface area contributed by atoms with E-state index in [1.807, 2.05) is 30.3 Å². The second-order valence-corrected chi connectivity index (χ2v) is 4.36. The Bertz CT molecular complexity index is 675. The van der Waals surface area contributed by atoms with Gasteiger partial charge in [-0.15, -0.1) is 0 Å². The van der Waals surface area contributed by atoms with Gasteiger partial charge in [0.1, 0.15) is 11.9 Å². The van der Waals surface area contributed by atoms with Crippen LogP contribution in [-0.4, -0.2) is 11.1 Å². The molecular formula is C16H12FNO2. The lowest BCUT2D eigenvalue weighted by Gasteiger charge is -2.09. The van der Waals surface area contributed by atoms with Gasteiger partial charge < -0.3 is 5.11 Å². The van der Waals surface area contributed by atoms with Crippen LogP contribution in [0.1, 0.15) is 27.0 Å². The van der Waals surface area contributed by atoms with Crippen molar-refractivity contribution in [3.8, 4) is 6.07 Å². The predicted octanol–water partition coefficient (Wildman–Crippen LogP) is 3.18. The molecule has 0 aliphatic heterocycles. The van der Waals surface area contributed by atoms with Crippen molar-refractivity contribution >= 4 is 5.97 Å². The Balaban J connectivity index is 2.34. The number of hydrogen-bond acceptors (Lipinski definition) is 2. The quantitative estimate of drug-likeness (QED) is 0.927. The number of nitrogens with zero attached hydrogens (tertiary/aromatic N) is 1. The fourth-order valence-corrected chi connectivity index (χ4v) is 2.07. The maximum Gasteiger partial charge on any atom is 0.336 e. The molecule has 0 spiro atoms. The summed E-state index contributed by atoms with van der Waals surface area (Å²) in [6, 6.07) is 13.6. The summed E-state index contributed by atoms with van der Waals surface area (Å²) in [4.78, 5) is 11.1. The lowest BCUT2D eigenvalue weighted by atomic mass is 9.97. The number of carboxylic acids is 1. The molecule has 0 saturated carbocycles. The van der Waals surface area contributed by atoms with Crippen LogP contribution in [0.2, 0.25) is 0 Å². The van der Waals surface area contributed by atoms with Gasteiger partial charge in [0.2, 0.25) is 0 Å². The number of aromatic carboxylic acids is 1. The summed E-state index contributed by atoms with van der Waals surface area (Å²) in [7, 11) is 0. The molecule has 4 heteroatoms. The molecule has 0 fully saturated rings. The fourth-order valence-electron chi connectivity index (χ4n) is 2.07. The van der Waals surface area contributed by atoms with Crippen molar-refractivity contribution in [2.75, 3.05) is 0 Å². The van der Waals surface area contributed by atoms with E-state index in [1.54, 1.807) is 6.07 Å². The summed E-state index contributed by atoms with van der Waals surface area (Å²) in [5.74, 6) is -1.92. The summed E-state index contributed by atoms with van der Waals surface area (Å²) < 4.78 is 14.1. The zero-order chi connectivity index (χ0) is 14.5. The molecule has 2 aromatic rings. The minimum Gasteiger partial charge on any atom is -0.478 e. The summed E-state index contributed by atoms with van der Waals surface area (Å²) in [5, 5.41) is 17.9. The van der Waals surface area contributed by atoms with Crippen LogP contribution in [-0.2, 0) is 12.8 Å². The zero-order valence-corrected chi connectivity index (χ0v) is 10.6. The average molecular weight is 269 g/mol. The van der Waals surface area contributed by atoms with Crippen LogP contribution in [0.3, 0.4) is 0 Å². The summed E-state index contributed by atoms with van der Waals surface area (Å²) in [6.07, 6.45) is 0.764. The second kappa shape index (κ2) is 5.98. The van der Waals surface area contributed by atoms with Crippen LogP contribution in [0.5, 0.6) is 0 Å². The third-order valence-electron chi connectivity index (χ3n) is 3.10. The van der Waals surface area contributed by atoms with Crippen molar-refractivity contribution in [2.45, 2.75) is 12.8 Å². The van der Waals surface area contributed by atoms with E-state index in [1.165, 1.54) is 12.1 Å². The maximum atomic E-state index is 14.1. The summed E-state index contributed by atoms with van der Waals surface area (Å²) in [6.45, 7) is 0. The lowest BCUT2D eigenvalue weighted by molar-refractivity contribution is 0.0695. The normalized spacial score (nSPS) is 10.0. The van der Waals surface area contributed by atoms with Gasteiger partial charge in [0.25, 0.3) is 0 Å². The Kier molecular flexibility index (Phi) is 4.11. The Morgan fingerprint density at radius 3 is 2.45 bits per heavy atom. The zero-order valence-electron chi connectivity index (χ0n) is 10.6. The molecule has 0 saturated heterocycles. The molecule has 0 amide bonds. The van der Waals surface area contributed by atoms with Crippen LogP contribution in [0.4, 0.5) is 4.39 Å². The highest BCUT2D eigenvalue weighted by Crippen LogP contribution is 2.20. The van der Waals surface area contributed by atoms with Crippen LogP contribution in [0, 0.1) is 17.1 Å². The van der Waals surface area contributed by atoms with E-state index in [4.69, 9.17) is 10.4 Å². The molecule has 2 rings (SSSR count). The monoisotopic (exact) mass is 269 g/mol. The molecule has 0 aliphatic rings. The molecule has 3 nitrogen and oxygen atoms in total. The van der Waals surface area contributed by atoms with Crippen molar-refractivity contribution in [2.24, 2.45) is 0 Å². The molecule has 100 valence electrons. The number of rotatable bonds is 4. The van der Waals surface area contributed by atoms with Gasteiger partial charge in [-0.05, 0) is 30.5 Å². The minimum absolute atomic E-state index is 0.0837. The summed E-state index contributed by atoms with van der Waals surface area (Å²) >= 11 is 0. The van der Waals surface area contributed by atoms with Crippen LogP contribution >= 0.6 is 0 Å². The molecule has 0 heterocycles. The van der Waals surface area contributed by atoms with Gasteiger partial charge in [-0.2, -0.15) is 5.26 Å². The fraction of sp³-hybridized carbons (Fsp3) is 0.125. The van der Waals surface area contributed by atoms with Crippen molar-refractivity contribution < 1.29 is 14.3 Å². The number of benzene rings is 2. The van der Waals surface area contributed by atoms with E-state index < -0.39 is 11.8 Å². The number of hydrogen-bond donors (Lipinski definition) is 1. The summed E-state index contributed by atoms with van der Waals surface area (Å²) in [5.41, 5.74) is 0.862. The Morgan fingerprint density at radius 2 is 1.85 bits per heavy atom. The first kappa shape index (κ1) is 13.8. The van der Waals surface area contributed by atoms with Gasteiger partial charge in [-0.25, -0.2) is 9.18 Å². The lowest BCUT2D eigenvalue weighted by Crippen LogP contribution is -2.08. The molecule has 2 aromatic carbocycles. The van der Waals surface area contributed by atoms with E-state index in [9.17, 15) is 9.18 Å². The van der Waals surface area contributed by atoms with Crippen molar-refractivity contribution in [3.05, 3.63) is 70.5 Å². The number of nitriles is 1. The number of aryl methyl sites for hydroxylation is 1. The van der Waals surface area contributed by atoms with Crippen molar-refractivity contribution in [1.29, 1.82) is 5.26 Å². The second-order valence-electron chi connectivity index (χ2n) is 4.36. The van der Waals surface area contributed by atoms with Crippen LogP contribution < -0.4 is 0 Å². The number of halogens is 1. The molecule has 0 radical (unpaired) electrons. The van der Waals surface area contributed by atoms with Gasteiger partial charge in [0.05, 0.1) is 11.1 Å². The Morgan fingerprint density at radius 1 is 1.15 bits per heavy atom. The maximum absolute atomic E-state index is 14.1. The molecular weight excluding hydrogens is 257 g/mol. The van der Waals surface area contributed by atoms with Crippen LogP contribution in [0.15, 0.2) is 42.5 Å². The van der Waals surface area contributed by atoms with Gasteiger partial charge in [0, 0.05) is 5.56 Å². The van der Waals surface area contributed by atoms with Crippen molar-refractivity contribution in [1.82, 2.24) is 0 Å². The van der Waals surface area contributed by atoms with E-state index in [0.29, 0.717) is 6.42 Å². The third-order valence-corrected chi connectivity index (χ3v) is 3.10. The van der Waals surface area contributed by atoms with Gasteiger partial charge in [-0.3, -0.25) is 0 Å². The van der Waals surface area contributed by atoms with E-state index in [-0.39, 0.29) is 23.1 Å². The van der Waals surface area contributed by atoms with Gasteiger partial charge >= 0.3 is 5.97 Å². The van der Waals surface area contributed by atoms with Gasteiger partial charge in [-0.1, -0.05) is 30.3 Å². The molecule has 0 unspecified atom stereocenters. The highest BCUT2D eigenvalue weighted by Gasteiger charge is 2.17. The third kappa shape index (κ3) is 2.83.